The molecule has 0 aliphatic carbocycles. The van der Waals surface area contributed by atoms with Crippen LogP contribution >= 0.6 is 22.9 Å². The Labute approximate surface area is 146 Å². The summed E-state index contributed by atoms with van der Waals surface area (Å²) in [5.74, 6) is -1.20. The first-order chi connectivity index (χ1) is 11.4. The molecule has 0 saturated heterocycles. The Bertz CT molecular complexity index is 763. The second-order valence-corrected chi connectivity index (χ2v) is 6.07. The molecule has 2 aromatic rings. The van der Waals surface area contributed by atoms with Gasteiger partial charge in [-0.2, -0.15) is 11.3 Å². The van der Waals surface area contributed by atoms with Gasteiger partial charge in [-0.05, 0) is 34.5 Å². The third kappa shape index (κ3) is 4.53. The van der Waals surface area contributed by atoms with Gasteiger partial charge < -0.3 is 9.64 Å². The number of amides is 1. The van der Waals surface area contributed by atoms with Gasteiger partial charge in [0.1, 0.15) is 5.02 Å². The van der Waals surface area contributed by atoms with Gasteiger partial charge in [-0.25, -0.2) is 4.79 Å². The van der Waals surface area contributed by atoms with Crippen molar-refractivity contribution >= 4 is 40.5 Å². The lowest BCUT2D eigenvalue weighted by Gasteiger charge is -2.16. The van der Waals surface area contributed by atoms with Crippen LogP contribution < -0.4 is 0 Å². The highest BCUT2D eigenvalue weighted by Gasteiger charge is 2.18. The Balaban J connectivity index is 1.94. The molecule has 0 spiro atoms. The van der Waals surface area contributed by atoms with Crippen LogP contribution in [-0.2, 0) is 16.1 Å². The minimum absolute atomic E-state index is 0.0422. The monoisotopic (exact) mass is 368 g/mol. The van der Waals surface area contributed by atoms with Gasteiger partial charge in [0, 0.05) is 19.7 Å². The number of benzene rings is 1. The summed E-state index contributed by atoms with van der Waals surface area (Å²) in [6.45, 7) is -0.0395. The highest BCUT2D eigenvalue weighted by atomic mass is 35.5. The standard InChI is InChI=1S/C15H13ClN2O5S/c1-17(7-10-4-5-24-9-10)14(19)8-23-15(20)11-2-3-12(16)13(6-11)18(21)22/h2-6,9H,7-8H2,1H3. The number of rotatable bonds is 6. The minimum atomic E-state index is -0.827. The number of carbonyl (C=O) groups is 2. The maximum atomic E-state index is 12.0. The molecule has 1 aromatic carbocycles. The number of hydrogen-bond acceptors (Lipinski definition) is 6. The number of carbonyl (C=O) groups excluding carboxylic acids is 2. The molecule has 0 aliphatic heterocycles. The minimum Gasteiger partial charge on any atom is -0.452 e. The van der Waals surface area contributed by atoms with E-state index in [0.717, 1.165) is 11.6 Å². The molecule has 1 aromatic heterocycles. The SMILES string of the molecule is CN(Cc1ccsc1)C(=O)COC(=O)c1ccc(Cl)c([N+](=O)[O-])c1. The first-order valence-electron chi connectivity index (χ1n) is 6.74. The van der Waals surface area contributed by atoms with Gasteiger partial charge in [0.2, 0.25) is 0 Å². The van der Waals surface area contributed by atoms with E-state index in [4.69, 9.17) is 16.3 Å². The largest absolute Gasteiger partial charge is 0.452 e. The number of ether oxygens (including phenoxy) is 1. The van der Waals surface area contributed by atoms with E-state index in [-0.39, 0.29) is 16.5 Å². The molecule has 1 amide bonds. The Kier molecular flexibility index (Phi) is 5.88. The van der Waals surface area contributed by atoms with E-state index in [1.807, 2.05) is 16.8 Å². The molecule has 9 heteroatoms. The van der Waals surface area contributed by atoms with Crippen molar-refractivity contribution in [2.45, 2.75) is 6.54 Å². The van der Waals surface area contributed by atoms with E-state index >= 15 is 0 Å². The van der Waals surface area contributed by atoms with Gasteiger partial charge in [0.15, 0.2) is 6.61 Å². The Morgan fingerprint density at radius 3 is 2.75 bits per heavy atom. The van der Waals surface area contributed by atoms with Crippen LogP contribution in [0.3, 0.4) is 0 Å². The lowest BCUT2D eigenvalue weighted by Crippen LogP contribution is -2.30. The summed E-state index contributed by atoms with van der Waals surface area (Å²) < 4.78 is 4.91. The first kappa shape index (κ1) is 17.9. The zero-order valence-electron chi connectivity index (χ0n) is 12.6. The molecule has 0 bridgehead atoms. The fourth-order valence-electron chi connectivity index (χ4n) is 1.85. The number of esters is 1. The van der Waals surface area contributed by atoms with Gasteiger partial charge >= 0.3 is 5.97 Å². The molecule has 0 saturated carbocycles. The van der Waals surface area contributed by atoms with Crippen LogP contribution in [0.25, 0.3) is 0 Å². The lowest BCUT2D eigenvalue weighted by molar-refractivity contribution is -0.384. The molecule has 24 heavy (non-hydrogen) atoms. The summed E-state index contributed by atoms with van der Waals surface area (Å²) in [6, 6.07) is 5.45. The molecule has 0 radical (unpaired) electrons. The van der Waals surface area contributed by atoms with E-state index in [1.54, 1.807) is 7.05 Å². The molecule has 7 nitrogen and oxygen atoms in total. The topological polar surface area (TPSA) is 89.8 Å². The summed E-state index contributed by atoms with van der Waals surface area (Å²) in [7, 11) is 1.60. The van der Waals surface area contributed by atoms with Crippen LogP contribution in [0.1, 0.15) is 15.9 Å². The van der Waals surface area contributed by atoms with Crippen LogP contribution in [0, 0.1) is 10.1 Å². The third-order valence-corrected chi connectivity index (χ3v) is 4.18. The summed E-state index contributed by atoms with van der Waals surface area (Å²) in [6.07, 6.45) is 0. The van der Waals surface area contributed by atoms with Crippen molar-refractivity contribution < 1.29 is 19.2 Å². The van der Waals surface area contributed by atoms with Crippen LogP contribution in [0.15, 0.2) is 35.0 Å². The average molecular weight is 369 g/mol. The van der Waals surface area contributed by atoms with Crippen molar-refractivity contribution in [2.24, 2.45) is 0 Å². The van der Waals surface area contributed by atoms with Gasteiger partial charge in [-0.1, -0.05) is 11.6 Å². The highest BCUT2D eigenvalue weighted by Crippen LogP contribution is 2.25. The second kappa shape index (κ2) is 7.89. The highest BCUT2D eigenvalue weighted by molar-refractivity contribution is 7.07. The Morgan fingerprint density at radius 1 is 1.38 bits per heavy atom. The Hall–Kier alpha value is -2.45. The van der Waals surface area contributed by atoms with Gasteiger partial charge in [0.05, 0.1) is 10.5 Å². The van der Waals surface area contributed by atoms with E-state index in [2.05, 4.69) is 0 Å². The van der Waals surface area contributed by atoms with Gasteiger partial charge in [-0.15, -0.1) is 0 Å². The van der Waals surface area contributed by atoms with E-state index in [9.17, 15) is 19.7 Å². The summed E-state index contributed by atoms with van der Waals surface area (Å²) in [5.41, 5.74) is 0.543. The van der Waals surface area contributed by atoms with Gasteiger partial charge in [0.25, 0.3) is 11.6 Å². The van der Waals surface area contributed by atoms with Gasteiger partial charge in [-0.3, -0.25) is 14.9 Å². The van der Waals surface area contributed by atoms with Crippen molar-refractivity contribution in [1.82, 2.24) is 4.90 Å². The number of halogens is 1. The van der Waals surface area contributed by atoms with E-state index in [0.29, 0.717) is 6.54 Å². The zero-order chi connectivity index (χ0) is 17.7. The number of hydrogen-bond donors (Lipinski definition) is 0. The molecular weight excluding hydrogens is 356 g/mol. The third-order valence-electron chi connectivity index (χ3n) is 3.13. The summed E-state index contributed by atoms with van der Waals surface area (Å²) in [4.78, 5) is 35.4. The lowest BCUT2D eigenvalue weighted by atomic mass is 10.2. The number of thiophene rings is 1. The van der Waals surface area contributed by atoms with E-state index in [1.165, 1.54) is 28.4 Å². The quantitative estimate of drug-likeness (QED) is 0.444. The normalized spacial score (nSPS) is 10.2. The second-order valence-electron chi connectivity index (χ2n) is 4.88. The predicted octanol–water partition coefficient (Wildman–Crippen LogP) is 3.13. The average Bonchev–Trinajstić information content (AvgIpc) is 3.05. The molecular formula is C15H13ClN2O5S. The fraction of sp³-hybridized carbons (Fsp3) is 0.200. The van der Waals surface area contributed by atoms with Crippen molar-refractivity contribution in [2.75, 3.05) is 13.7 Å². The smallest absolute Gasteiger partial charge is 0.338 e. The summed E-state index contributed by atoms with van der Waals surface area (Å²) in [5, 5.41) is 14.6. The maximum absolute atomic E-state index is 12.0. The number of nitrogens with zero attached hydrogens (tertiary/aromatic N) is 2. The molecule has 0 aliphatic rings. The van der Waals surface area contributed by atoms with Crippen LogP contribution in [0.4, 0.5) is 5.69 Å². The number of nitro groups is 1. The molecule has 0 atom stereocenters. The molecule has 0 unspecified atom stereocenters. The number of likely N-dealkylation sites (N-methyl/N-ethyl adjacent to an activating group) is 1. The molecule has 2 rings (SSSR count). The molecule has 1 heterocycles. The zero-order valence-corrected chi connectivity index (χ0v) is 14.2. The van der Waals surface area contributed by atoms with Crippen LogP contribution in [0.5, 0.6) is 0 Å². The van der Waals surface area contributed by atoms with E-state index < -0.39 is 23.2 Å². The fourth-order valence-corrected chi connectivity index (χ4v) is 2.69. The van der Waals surface area contributed by atoms with Crippen LogP contribution in [-0.4, -0.2) is 35.4 Å². The van der Waals surface area contributed by atoms with Crippen molar-refractivity contribution in [3.63, 3.8) is 0 Å². The predicted molar refractivity (Wildman–Crippen MR) is 89.2 cm³/mol. The van der Waals surface area contributed by atoms with Crippen molar-refractivity contribution in [3.8, 4) is 0 Å². The summed E-state index contributed by atoms with van der Waals surface area (Å²) >= 11 is 7.20. The molecule has 0 N–H and O–H groups in total. The van der Waals surface area contributed by atoms with Crippen molar-refractivity contribution in [1.29, 1.82) is 0 Å². The molecule has 0 fully saturated rings. The first-order valence-corrected chi connectivity index (χ1v) is 8.06. The number of nitro benzene ring substituents is 1. The molecule has 126 valence electrons. The van der Waals surface area contributed by atoms with Crippen LogP contribution in [0.2, 0.25) is 5.02 Å². The van der Waals surface area contributed by atoms with Crippen molar-refractivity contribution in [3.05, 3.63) is 61.3 Å². The maximum Gasteiger partial charge on any atom is 0.338 e. The Morgan fingerprint density at radius 2 is 2.12 bits per heavy atom.